The van der Waals surface area contributed by atoms with Crippen molar-refractivity contribution in [2.75, 3.05) is 0 Å². The van der Waals surface area contributed by atoms with E-state index in [1.807, 2.05) is 19.9 Å². The highest BCUT2D eigenvalue weighted by molar-refractivity contribution is 5.95. The number of carboxylic acids is 1. The lowest BCUT2D eigenvalue weighted by atomic mass is 9.85. The number of allylic oxidation sites excluding steroid dienone is 3. The number of rotatable bonds is 15. The largest absolute Gasteiger partial charge is 0.481 e. The van der Waals surface area contributed by atoms with Gasteiger partial charge in [0.25, 0.3) is 0 Å². The molecule has 1 atom stereocenters. The van der Waals surface area contributed by atoms with E-state index in [0.29, 0.717) is 18.8 Å². The minimum atomic E-state index is -0.655. The van der Waals surface area contributed by atoms with Crippen LogP contribution in [-0.2, 0) is 9.59 Å². The number of hydrogen-bond acceptors (Lipinski definition) is 2. The van der Waals surface area contributed by atoms with E-state index in [2.05, 4.69) is 13.5 Å². The van der Waals surface area contributed by atoms with Gasteiger partial charge in [-0.25, -0.2) is 0 Å². The summed E-state index contributed by atoms with van der Waals surface area (Å²) in [5.74, 6) is 0.0218. The number of unbranched alkanes of at least 4 members (excludes halogenated alkanes) is 12. The van der Waals surface area contributed by atoms with Gasteiger partial charge in [-0.05, 0) is 38.2 Å². The molecule has 3 nitrogen and oxygen atoms in total. The van der Waals surface area contributed by atoms with Crippen LogP contribution in [0.4, 0.5) is 0 Å². The number of carbonyl (C=O) groups excluding carboxylic acids is 1. The topological polar surface area (TPSA) is 54.4 Å². The van der Waals surface area contributed by atoms with Crippen LogP contribution < -0.4 is 0 Å². The normalized spacial score (nSPS) is 16.0. The van der Waals surface area contributed by atoms with Crippen LogP contribution in [0, 0.1) is 5.92 Å². The third-order valence-electron chi connectivity index (χ3n) is 5.77. The Hall–Kier alpha value is -1.38. The minimum Gasteiger partial charge on any atom is -0.481 e. The Morgan fingerprint density at radius 2 is 1.41 bits per heavy atom. The molecule has 1 N–H and O–H groups in total. The second-order valence-corrected chi connectivity index (χ2v) is 8.68. The number of hydrogen-bond donors (Lipinski definition) is 1. The van der Waals surface area contributed by atoms with Crippen molar-refractivity contribution in [3.63, 3.8) is 0 Å². The van der Waals surface area contributed by atoms with Crippen LogP contribution in [0.15, 0.2) is 23.8 Å². The van der Waals surface area contributed by atoms with Gasteiger partial charge in [0.15, 0.2) is 5.78 Å². The molecule has 1 aliphatic carbocycles. The van der Waals surface area contributed by atoms with E-state index in [9.17, 15) is 9.59 Å². The number of Topliss-reactive ketones (excluding diaryl/α,β-unsaturated/α-hetero) is 1. The Kier molecular flexibility index (Phi) is 17.7. The van der Waals surface area contributed by atoms with E-state index < -0.39 is 5.97 Å². The fourth-order valence-corrected chi connectivity index (χ4v) is 3.57. The molecule has 0 heterocycles. The van der Waals surface area contributed by atoms with Gasteiger partial charge in [0.2, 0.25) is 0 Å². The van der Waals surface area contributed by atoms with Crippen LogP contribution in [0.5, 0.6) is 0 Å². The van der Waals surface area contributed by atoms with Crippen molar-refractivity contribution in [2.24, 2.45) is 5.92 Å². The highest BCUT2D eigenvalue weighted by atomic mass is 16.4. The van der Waals surface area contributed by atoms with Gasteiger partial charge in [-0.2, -0.15) is 0 Å². The molecule has 0 fully saturated rings. The molecule has 0 saturated heterocycles. The lowest BCUT2D eigenvalue weighted by Gasteiger charge is -2.18. The Morgan fingerprint density at radius 3 is 1.79 bits per heavy atom. The fraction of sp³-hybridized carbons (Fsp3) is 0.769. The molecule has 3 heteroatoms. The van der Waals surface area contributed by atoms with Gasteiger partial charge in [0.05, 0.1) is 0 Å². The number of ketones is 1. The first-order valence-electron chi connectivity index (χ1n) is 12.0. The monoisotopic (exact) mass is 406 g/mol. The Balaban J connectivity index is 0.000000604. The number of carboxylic acid groups (broad SMARTS) is 1. The van der Waals surface area contributed by atoms with Gasteiger partial charge in [0, 0.05) is 12.8 Å². The summed E-state index contributed by atoms with van der Waals surface area (Å²) < 4.78 is 0. The summed E-state index contributed by atoms with van der Waals surface area (Å²) in [6.07, 6.45) is 20.9. The first kappa shape index (κ1) is 27.6. The van der Waals surface area contributed by atoms with Crippen molar-refractivity contribution in [2.45, 2.75) is 124 Å². The molecule has 1 unspecified atom stereocenters. The standard InChI is InChI=1S/C16H32O2.C10H14O/c1-2-3-4-5-6-7-8-9-10-11-12-13-14-15-16(17)18;1-7(2)9-5-4-8(3)10(11)6-9/h2-15H2,1H3,(H,17,18);4,9H,1,5-6H2,2-3H3. The predicted octanol–water partition coefficient (Wildman–Crippen LogP) is 8.04. The quantitative estimate of drug-likeness (QED) is 0.221. The maximum Gasteiger partial charge on any atom is 0.303 e. The molecule has 0 aromatic heterocycles. The number of aliphatic carboxylic acids is 1. The first-order valence-corrected chi connectivity index (χ1v) is 12.0. The third kappa shape index (κ3) is 17.2. The molecule has 1 aliphatic rings. The maximum absolute atomic E-state index is 11.2. The summed E-state index contributed by atoms with van der Waals surface area (Å²) in [4.78, 5) is 21.5. The maximum atomic E-state index is 11.2. The SMILES string of the molecule is C=C(C)C1CC=C(C)C(=O)C1.CCCCCCCCCCCCCCCC(=O)O. The van der Waals surface area contributed by atoms with Gasteiger partial charge in [0.1, 0.15) is 0 Å². The fourth-order valence-electron chi connectivity index (χ4n) is 3.57. The Bertz CT molecular complexity index is 490. The summed E-state index contributed by atoms with van der Waals surface area (Å²) in [6, 6.07) is 0. The molecule has 0 bridgehead atoms. The van der Waals surface area contributed by atoms with Crippen LogP contribution in [-0.4, -0.2) is 16.9 Å². The summed E-state index contributed by atoms with van der Waals surface area (Å²) in [5.41, 5.74) is 2.05. The zero-order valence-corrected chi connectivity index (χ0v) is 19.4. The minimum absolute atomic E-state index is 0.282. The van der Waals surface area contributed by atoms with Crippen molar-refractivity contribution < 1.29 is 14.7 Å². The Labute approximate surface area is 180 Å². The average molecular weight is 407 g/mol. The summed E-state index contributed by atoms with van der Waals surface area (Å²) in [6.45, 7) is 10.00. The van der Waals surface area contributed by atoms with E-state index in [1.54, 1.807) is 0 Å². The molecule has 1 rings (SSSR count). The number of carbonyl (C=O) groups is 2. The van der Waals surface area contributed by atoms with Gasteiger partial charge >= 0.3 is 5.97 Å². The second kappa shape index (κ2) is 18.6. The van der Waals surface area contributed by atoms with Crippen molar-refractivity contribution in [1.29, 1.82) is 0 Å². The summed E-state index contributed by atoms with van der Waals surface area (Å²) >= 11 is 0. The molecule has 29 heavy (non-hydrogen) atoms. The lowest BCUT2D eigenvalue weighted by molar-refractivity contribution is -0.137. The van der Waals surface area contributed by atoms with Crippen LogP contribution in [0.25, 0.3) is 0 Å². The Morgan fingerprint density at radius 1 is 0.966 bits per heavy atom. The van der Waals surface area contributed by atoms with E-state index in [0.717, 1.165) is 30.4 Å². The highest BCUT2D eigenvalue weighted by Gasteiger charge is 2.19. The zero-order chi connectivity index (χ0) is 21.9. The highest BCUT2D eigenvalue weighted by Crippen LogP contribution is 2.25. The zero-order valence-electron chi connectivity index (χ0n) is 19.4. The van der Waals surface area contributed by atoms with Crippen LogP contribution in [0.3, 0.4) is 0 Å². The van der Waals surface area contributed by atoms with E-state index in [-0.39, 0.29) is 5.78 Å². The van der Waals surface area contributed by atoms with Gasteiger partial charge in [-0.1, -0.05) is 102 Å². The molecular formula is C26H46O3. The molecular weight excluding hydrogens is 360 g/mol. The smallest absolute Gasteiger partial charge is 0.303 e. The van der Waals surface area contributed by atoms with Crippen LogP contribution >= 0.6 is 0 Å². The first-order chi connectivity index (χ1) is 13.9. The second-order valence-electron chi connectivity index (χ2n) is 8.68. The molecule has 0 aromatic carbocycles. The third-order valence-corrected chi connectivity index (χ3v) is 5.77. The molecule has 0 saturated carbocycles. The van der Waals surface area contributed by atoms with Crippen LogP contribution in [0.2, 0.25) is 0 Å². The van der Waals surface area contributed by atoms with E-state index in [4.69, 9.17) is 5.11 Å². The van der Waals surface area contributed by atoms with Crippen molar-refractivity contribution in [3.8, 4) is 0 Å². The molecule has 0 aromatic rings. The van der Waals surface area contributed by atoms with Gasteiger partial charge in [-0.15, -0.1) is 0 Å². The van der Waals surface area contributed by atoms with Crippen molar-refractivity contribution >= 4 is 11.8 Å². The molecule has 0 amide bonds. The van der Waals surface area contributed by atoms with E-state index >= 15 is 0 Å². The lowest BCUT2D eigenvalue weighted by Crippen LogP contribution is -2.14. The van der Waals surface area contributed by atoms with Crippen molar-refractivity contribution in [3.05, 3.63) is 23.8 Å². The summed E-state index contributed by atoms with van der Waals surface area (Å²) in [7, 11) is 0. The molecule has 0 radical (unpaired) electrons. The van der Waals surface area contributed by atoms with Gasteiger partial charge < -0.3 is 5.11 Å². The predicted molar refractivity (Wildman–Crippen MR) is 124 cm³/mol. The average Bonchev–Trinajstić information content (AvgIpc) is 2.68. The summed E-state index contributed by atoms with van der Waals surface area (Å²) in [5, 5.41) is 8.49. The van der Waals surface area contributed by atoms with Crippen molar-refractivity contribution in [1.82, 2.24) is 0 Å². The molecule has 0 aliphatic heterocycles. The van der Waals surface area contributed by atoms with E-state index in [1.165, 1.54) is 70.6 Å². The van der Waals surface area contributed by atoms with Gasteiger partial charge in [-0.3, -0.25) is 9.59 Å². The molecule has 0 spiro atoms. The van der Waals surface area contributed by atoms with Crippen LogP contribution in [0.1, 0.15) is 124 Å². The molecule has 168 valence electrons.